The molecule has 2 rings (SSSR count). The Morgan fingerprint density at radius 2 is 2.17 bits per heavy atom. The molecule has 0 radical (unpaired) electrons. The highest BCUT2D eigenvalue weighted by molar-refractivity contribution is 5.68. The van der Waals surface area contributed by atoms with Crippen molar-refractivity contribution >= 4 is 6.09 Å². The van der Waals surface area contributed by atoms with E-state index in [9.17, 15) is 9.18 Å². The second-order valence-electron chi connectivity index (χ2n) is 6.99. The Labute approximate surface area is 136 Å². The van der Waals surface area contributed by atoms with Gasteiger partial charge in [-0.05, 0) is 45.2 Å². The number of carbonyl (C=O) groups is 1. The summed E-state index contributed by atoms with van der Waals surface area (Å²) in [5.74, 6) is -0.376. The van der Waals surface area contributed by atoms with Gasteiger partial charge in [-0.2, -0.15) is 0 Å². The molecular weight excluding hydrogens is 299 g/mol. The number of carbonyl (C=O) groups excluding carboxylic acids is 1. The van der Waals surface area contributed by atoms with Crippen LogP contribution in [-0.4, -0.2) is 40.3 Å². The number of hydrogen-bond acceptors (Lipinski definition) is 4. The molecule has 1 amide bonds. The number of likely N-dealkylation sites (tertiary alicyclic amines) is 1. The first-order valence-electron chi connectivity index (χ1n) is 7.94. The third kappa shape index (κ3) is 4.89. The molecule has 0 saturated carbocycles. The summed E-state index contributed by atoms with van der Waals surface area (Å²) in [6.45, 7) is 8.94. The Morgan fingerprint density at radius 1 is 1.43 bits per heavy atom. The number of pyridine rings is 1. The number of halogens is 1. The van der Waals surface area contributed by atoms with Gasteiger partial charge in [-0.25, -0.2) is 9.18 Å². The van der Waals surface area contributed by atoms with E-state index in [4.69, 9.17) is 9.47 Å². The van der Waals surface area contributed by atoms with Gasteiger partial charge in [0.15, 0.2) is 0 Å². The van der Waals surface area contributed by atoms with E-state index in [0.717, 1.165) is 12.8 Å². The van der Waals surface area contributed by atoms with Crippen molar-refractivity contribution in [1.82, 2.24) is 9.88 Å². The number of hydrogen-bond donors (Lipinski definition) is 0. The quantitative estimate of drug-likeness (QED) is 0.850. The Hall–Kier alpha value is -1.69. The maximum absolute atomic E-state index is 13.2. The second kappa shape index (κ2) is 6.83. The standard InChI is InChI=1S/C17H25FN2O3/c1-5-17(22-11-13-8-14(18)10-19-9-13)6-7-20(12-17)15(21)23-16(2,3)4/h8-10H,5-7,11-12H2,1-4H3. The average molecular weight is 324 g/mol. The first-order chi connectivity index (χ1) is 10.7. The first-order valence-corrected chi connectivity index (χ1v) is 7.94. The predicted octanol–water partition coefficient (Wildman–Crippen LogP) is 3.53. The molecule has 0 spiro atoms. The monoisotopic (exact) mass is 324 g/mol. The molecule has 1 unspecified atom stereocenters. The van der Waals surface area contributed by atoms with Crippen LogP contribution in [0.25, 0.3) is 0 Å². The minimum absolute atomic E-state index is 0.279. The maximum atomic E-state index is 13.2. The number of amides is 1. The molecule has 1 saturated heterocycles. The lowest BCUT2D eigenvalue weighted by Crippen LogP contribution is -2.40. The normalized spacial score (nSPS) is 21.5. The third-order valence-corrected chi connectivity index (χ3v) is 3.92. The van der Waals surface area contributed by atoms with Crippen LogP contribution < -0.4 is 0 Å². The lowest BCUT2D eigenvalue weighted by Gasteiger charge is -2.29. The second-order valence-corrected chi connectivity index (χ2v) is 6.99. The molecule has 1 aromatic heterocycles. The van der Waals surface area contributed by atoms with Gasteiger partial charge in [-0.1, -0.05) is 6.92 Å². The molecule has 128 valence electrons. The van der Waals surface area contributed by atoms with Crippen molar-refractivity contribution in [3.05, 3.63) is 29.8 Å². The minimum atomic E-state index is -0.511. The van der Waals surface area contributed by atoms with Crippen LogP contribution in [0.2, 0.25) is 0 Å². The lowest BCUT2D eigenvalue weighted by atomic mass is 10.00. The molecule has 1 atom stereocenters. The summed E-state index contributed by atoms with van der Waals surface area (Å²) < 4.78 is 24.6. The third-order valence-electron chi connectivity index (χ3n) is 3.92. The average Bonchev–Trinajstić information content (AvgIpc) is 2.89. The Bertz CT molecular complexity index is 559. The van der Waals surface area contributed by atoms with Crippen molar-refractivity contribution in [3.8, 4) is 0 Å². The zero-order chi connectivity index (χ0) is 17.1. The molecule has 1 aliphatic rings. The zero-order valence-corrected chi connectivity index (χ0v) is 14.3. The van der Waals surface area contributed by atoms with Gasteiger partial charge in [0.25, 0.3) is 0 Å². The van der Waals surface area contributed by atoms with Crippen LogP contribution in [0.3, 0.4) is 0 Å². The van der Waals surface area contributed by atoms with Gasteiger partial charge in [0.1, 0.15) is 11.4 Å². The topological polar surface area (TPSA) is 51.7 Å². The Balaban J connectivity index is 1.96. The Kier molecular flexibility index (Phi) is 5.24. The van der Waals surface area contributed by atoms with Crippen LogP contribution in [-0.2, 0) is 16.1 Å². The van der Waals surface area contributed by atoms with E-state index in [0.29, 0.717) is 18.7 Å². The van der Waals surface area contributed by atoms with Gasteiger partial charge in [0, 0.05) is 12.7 Å². The maximum Gasteiger partial charge on any atom is 0.410 e. The largest absolute Gasteiger partial charge is 0.444 e. The van der Waals surface area contributed by atoms with E-state index in [-0.39, 0.29) is 18.5 Å². The van der Waals surface area contributed by atoms with E-state index in [1.54, 1.807) is 11.1 Å². The lowest BCUT2D eigenvalue weighted by molar-refractivity contribution is -0.0529. The zero-order valence-electron chi connectivity index (χ0n) is 14.3. The summed E-state index contributed by atoms with van der Waals surface area (Å²) in [5.41, 5.74) is -0.236. The van der Waals surface area contributed by atoms with Crippen LogP contribution in [0.4, 0.5) is 9.18 Å². The van der Waals surface area contributed by atoms with Crippen molar-refractivity contribution in [2.24, 2.45) is 0 Å². The number of ether oxygens (including phenoxy) is 2. The fourth-order valence-electron chi connectivity index (χ4n) is 2.61. The summed E-state index contributed by atoms with van der Waals surface area (Å²) >= 11 is 0. The van der Waals surface area contributed by atoms with Crippen LogP contribution in [0, 0.1) is 5.82 Å². The van der Waals surface area contributed by atoms with E-state index < -0.39 is 11.2 Å². The van der Waals surface area contributed by atoms with Gasteiger partial charge in [0.2, 0.25) is 0 Å². The van der Waals surface area contributed by atoms with Gasteiger partial charge in [-0.15, -0.1) is 0 Å². The first kappa shape index (κ1) is 17.7. The molecule has 0 N–H and O–H groups in total. The molecule has 0 aromatic carbocycles. The molecule has 0 bridgehead atoms. The number of rotatable bonds is 4. The van der Waals surface area contributed by atoms with E-state index in [1.807, 2.05) is 27.7 Å². The van der Waals surface area contributed by atoms with Crippen LogP contribution in [0.1, 0.15) is 46.1 Å². The molecule has 0 aliphatic carbocycles. The predicted molar refractivity (Wildman–Crippen MR) is 84.4 cm³/mol. The van der Waals surface area contributed by atoms with Crippen LogP contribution in [0.5, 0.6) is 0 Å². The number of aromatic nitrogens is 1. The molecule has 1 fully saturated rings. The summed E-state index contributed by atoms with van der Waals surface area (Å²) in [6.07, 6.45) is 3.95. The molecule has 6 heteroatoms. The highest BCUT2D eigenvalue weighted by Gasteiger charge is 2.41. The molecule has 23 heavy (non-hydrogen) atoms. The summed E-state index contributed by atoms with van der Waals surface area (Å²) in [7, 11) is 0. The van der Waals surface area contributed by atoms with Crippen LogP contribution in [0.15, 0.2) is 18.5 Å². The summed E-state index contributed by atoms with van der Waals surface area (Å²) in [4.78, 5) is 17.7. The summed E-state index contributed by atoms with van der Waals surface area (Å²) in [6, 6.07) is 1.41. The fourth-order valence-corrected chi connectivity index (χ4v) is 2.61. The van der Waals surface area contributed by atoms with Gasteiger partial charge in [-0.3, -0.25) is 4.98 Å². The van der Waals surface area contributed by atoms with E-state index in [1.165, 1.54) is 12.3 Å². The SMILES string of the molecule is CCC1(OCc2cncc(F)c2)CCN(C(=O)OC(C)(C)C)C1. The fraction of sp³-hybridized carbons (Fsp3) is 0.647. The highest BCUT2D eigenvalue weighted by atomic mass is 19.1. The van der Waals surface area contributed by atoms with Gasteiger partial charge in [0.05, 0.1) is 24.9 Å². The van der Waals surface area contributed by atoms with Crippen molar-refractivity contribution in [2.45, 2.75) is 58.3 Å². The molecule has 5 nitrogen and oxygen atoms in total. The number of nitrogens with zero attached hydrogens (tertiary/aromatic N) is 2. The van der Waals surface area contributed by atoms with E-state index in [2.05, 4.69) is 4.98 Å². The summed E-state index contributed by atoms with van der Waals surface area (Å²) in [5, 5.41) is 0. The van der Waals surface area contributed by atoms with Crippen LogP contribution >= 0.6 is 0 Å². The Morgan fingerprint density at radius 3 is 2.78 bits per heavy atom. The molecule has 2 heterocycles. The molecule has 1 aromatic rings. The minimum Gasteiger partial charge on any atom is -0.444 e. The van der Waals surface area contributed by atoms with Crippen molar-refractivity contribution in [2.75, 3.05) is 13.1 Å². The van der Waals surface area contributed by atoms with Crippen molar-refractivity contribution in [3.63, 3.8) is 0 Å². The van der Waals surface area contributed by atoms with Gasteiger partial charge >= 0.3 is 6.09 Å². The smallest absolute Gasteiger partial charge is 0.410 e. The molecule has 1 aliphatic heterocycles. The van der Waals surface area contributed by atoms with Gasteiger partial charge < -0.3 is 14.4 Å². The van der Waals surface area contributed by atoms with Crippen molar-refractivity contribution in [1.29, 1.82) is 0 Å². The van der Waals surface area contributed by atoms with E-state index >= 15 is 0 Å². The molecular formula is C17H25FN2O3. The van der Waals surface area contributed by atoms with Crippen molar-refractivity contribution < 1.29 is 18.7 Å². The highest BCUT2D eigenvalue weighted by Crippen LogP contribution is 2.30.